The standard InChI is InChI=1S/C27H27N5O4/c1-36-20-11-9-19(10-12-20)32-24-22(23(29-32)25(28)34)27(13-14-27)16-31(26(24)35)18-7-5-17(6-8-18)30-15-3-2-4-21(30)33/h5-12H,2-4,13-16H2,1H3,(H2,28,34). The van der Waals surface area contributed by atoms with Crippen molar-refractivity contribution in [1.29, 1.82) is 0 Å². The van der Waals surface area contributed by atoms with Crippen molar-refractivity contribution >= 4 is 29.1 Å². The SMILES string of the molecule is COc1ccc(-n2nc(C(N)=O)c3c2C(=O)N(c2ccc(N4CCCCC4=O)cc2)CC32CC2)cc1. The molecular weight excluding hydrogens is 458 g/mol. The molecular formula is C27H27N5O4. The molecule has 184 valence electrons. The highest BCUT2D eigenvalue weighted by Gasteiger charge is 2.56. The first kappa shape index (κ1) is 22.3. The predicted octanol–water partition coefficient (Wildman–Crippen LogP) is 3.19. The molecule has 1 aliphatic carbocycles. The number of fused-ring (bicyclic) bond motifs is 2. The van der Waals surface area contributed by atoms with Crippen LogP contribution in [-0.2, 0) is 10.2 Å². The molecule has 1 aromatic heterocycles. The fourth-order valence-corrected chi connectivity index (χ4v) is 5.44. The molecule has 2 aliphatic heterocycles. The van der Waals surface area contributed by atoms with Crippen LogP contribution in [0.1, 0.15) is 58.6 Å². The van der Waals surface area contributed by atoms with Crippen LogP contribution < -0.4 is 20.3 Å². The molecule has 36 heavy (non-hydrogen) atoms. The molecule has 3 aromatic rings. The van der Waals surface area contributed by atoms with Crippen LogP contribution in [0.15, 0.2) is 48.5 Å². The number of anilines is 2. The summed E-state index contributed by atoms with van der Waals surface area (Å²) in [7, 11) is 1.58. The maximum Gasteiger partial charge on any atom is 0.277 e. The average molecular weight is 486 g/mol. The van der Waals surface area contributed by atoms with Crippen molar-refractivity contribution in [3.05, 3.63) is 65.5 Å². The number of hydrogen-bond donors (Lipinski definition) is 1. The Morgan fingerprint density at radius 1 is 0.944 bits per heavy atom. The van der Waals surface area contributed by atoms with E-state index in [2.05, 4.69) is 5.10 Å². The van der Waals surface area contributed by atoms with Gasteiger partial charge in [0.25, 0.3) is 11.8 Å². The van der Waals surface area contributed by atoms with Crippen molar-refractivity contribution in [2.45, 2.75) is 37.5 Å². The number of rotatable bonds is 5. The Morgan fingerprint density at radius 2 is 1.58 bits per heavy atom. The molecule has 0 bridgehead atoms. The van der Waals surface area contributed by atoms with E-state index in [9.17, 15) is 14.4 Å². The number of carbonyl (C=O) groups is 3. The highest BCUT2D eigenvalue weighted by Crippen LogP contribution is 2.54. The Hall–Kier alpha value is -4.14. The second-order valence-corrected chi connectivity index (χ2v) is 9.74. The van der Waals surface area contributed by atoms with E-state index in [1.807, 2.05) is 29.2 Å². The molecule has 2 N–H and O–H groups in total. The summed E-state index contributed by atoms with van der Waals surface area (Å²) in [5, 5.41) is 4.52. The van der Waals surface area contributed by atoms with E-state index in [0.29, 0.717) is 42.2 Å². The zero-order valence-electron chi connectivity index (χ0n) is 20.1. The summed E-state index contributed by atoms with van der Waals surface area (Å²) in [4.78, 5) is 42.2. The summed E-state index contributed by atoms with van der Waals surface area (Å²) in [6.45, 7) is 1.17. The third kappa shape index (κ3) is 3.45. The van der Waals surface area contributed by atoms with Gasteiger partial charge in [0, 0.05) is 41.9 Å². The molecule has 0 radical (unpaired) electrons. The van der Waals surface area contributed by atoms with Gasteiger partial charge in [-0.3, -0.25) is 14.4 Å². The molecule has 0 atom stereocenters. The second kappa shape index (κ2) is 8.22. The third-order valence-electron chi connectivity index (χ3n) is 7.52. The van der Waals surface area contributed by atoms with Gasteiger partial charge >= 0.3 is 0 Å². The highest BCUT2D eigenvalue weighted by molar-refractivity contribution is 6.10. The van der Waals surface area contributed by atoms with E-state index >= 15 is 0 Å². The van der Waals surface area contributed by atoms with Gasteiger partial charge in [-0.05, 0) is 74.2 Å². The summed E-state index contributed by atoms with van der Waals surface area (Å²) >= 11 is 0. The van der Waals surface area contributed by atoms with Gasteiger partial charge in [0.15, 0.2) is 5.69 Å². The quantitative estimate of drug-likeness (QED) is 0.597. The minimum atomic E-state index is -0.637. The summed E-state index contributed by atoms with van der Waals surface area (Å²) in [6.07, 6.45) is 4.17. The van der Waals surface area contributed by atoms with Crippen LogP contribution >= 0.6 is 0 Å². The monoisotopic (exact) mass is 485 g/mol. The Morgan fingerprint density at radius 3 is 2.17 bits per heavy atom. The van der Waals surface area contributed by atoms with Gasteiger partial charge in [-0.2, -0.15) is 5.10 Å². The molecule has 3 heterocycles. The lowest BCUT2D eigenvalue weighted by Crippen LogP contribution is -2.45. The number of ether oxygens (including phenoxy) is 1. The molecule has 1 spiro atoms. The number of primary amides is 1. The molecule has 2 fully saturated rings. The van der Waals surface area contributed by atoms with Gasteiger partial charge in [-0.15, -0.1) is 0 Å². The topological polar surface area (TPSA) is 111 Å². The summed E-state index contributed by atoms with van der Waals surface area (Å²) in [6, 6.07) is 14.7. The number of nitrogens with zero attached hydrogens (tertiary/aromatic N) is 4. The van der Waals surface area contributed by atoms with E-state index in [4.69, 9.17) is 10.5 Å². The lowest BCUT2D eigenvalue weighted by molar-refractivity contribution is -0.119. The molecule has 3 amide bonds. The Kier molecular flexibility index (Phi) is 5.10. The fraction of sp³-hybridized carbons (Fsp3) is 0.333. The van der Waals surface area contributed by atoms with Crippen LogP contribution in [0, 0.1) is 0 Å². The van der Waals surface area contributed by atoms with Crippen LogP contribution in [0.25, 0.3) is 5.69 Å². The maximum absolute atomic E-state index is 13.9. The normalized spacial score (nSPS) is 18.4. The minimum absolute atomic E-state index is 0.131. The number of aromatic nitrogens is 2. The molecule has 1 saturated heterocycles. The summed E-state index contributed by atoms with van der Waals surface area (Å²) in [5.41, 5.74) is 8.78. The van der Waals surface area contributed by atoms with Gasteiger partial charge in [0.2, 0.25) is 5.91 Å². The molecule has 6 rings (SSSR count). The summed E-state index contributed by atoms with van der Waals surface area (Å²) < 4.78 is 6.79. The van der Waals surface area contributed by atoms with Crippen molar-refractivity contribution in [3.63, 3.8) is 0 Å². The van der Waals surface area contributed by atoms with Gasteiger partial charge in [-0.1, -0.05) is 0 Å². The highest BCUT2D eigenvalue weighted by atomic mass is 16.5. The van der Waals surface area contributed by atoms with E-state index in [0.717, 1.165) is 37.1 Å². The van der Waals surface area contributed by atoms with E-state index in [1.165, 1.54) is 4.68 Å². The van der Waals surface area contributed by atoms with E-state index < -0.39 is 5.91 Å². The lowest BCUT2D eigenvalue weighted by atomic mass is 9.88. The predicted molar refractivity (Wildman–Crippen MR) is 134 cm³/mol. The van der Waals surface area contributed by atoms with Crippen LogP contribution in [-0.4, -0.2) is 47.7 Å². The fourth-order valence-electron chi connectivity index (χ4n) is 5.44. The number of piperidine rings is 1. The average Bonchev–Trinajstić information content (AvgIpc) is 3.54. The Bertz CT molecular complexity index is 1370. The van der Waals surface area contributed by atoms with Crippen molar-refractivity contribution < 1.29 is 19.1 Å². The van der Waals surface area contributed by atoms with Crippen LogP contribution in [0.4, 0.5) is 11.4 Å². The van der Waals surface area contributed by atoms with Gasteiger partial charge < -0.3 is 20.3 Å². The Labute approximate surface area is 208 Å². The first-order chi connectivity index (χ1) is 17.4. The largest absolute Gasteiger partial charge is 0.497 e. The molecule has 0 unspecified atom stereocenters. The smallest absolute Gasteiger partial charge is 0.277 e. The first-order valence-electron chi connectivity index (χ1n) is 12.2. The maximum atomic E-state index is 13.9. The number of benzene rings is 2. The third-order valence-corrected chi connectivity index (χ3v) is 7.52. The first-order valence-corrected chi connectivity index (χ1v) is 12.2. The van der Waals surface area contributed by atoms with Crippen LogP contribution in [0.5, 0.6) is 5.75 Å². The molecule has 2 aromatic carbocycles. The Balaban J connectivity index is 1.41. The van der Waals surface area contributed by atoms with Gasteiger partial charge in [0.05, 0.1) is 12.8 Å². The molecule has 9 nitrogen and oxygen atoms in total. The second-order valence-electron chi connectivity index (χ2n) is 9.74. The molecule has 9 heteroatoms. The van der Waals surface area contributed by atoms with Crippen LogP contribution in [0.3, 0.4) is 0 Å². The minimum Gasteiger partial charge on any atom is -0.497 e. The zero-order valence-corrected chi connectivity index (χ0v) is 20.1. The zero-order chi connectivity index (χ0) is 25.0. The van der Waals surface area contributed by atoms with Crippen molar-refractivity contribution in [1.82, 2.24) is 9.78 Å². The lowest BCUT2D eigenvalue weighted by Gasteiger charge is -2.34. The number of hydrogen-bond acceptors (Lipinski definition) is 5. The van der Waals surface area contributed by atoms with E-state index in [-0.39, 0.29) is 22.9 Å². The van der Waals surface area contributed by atoms with Gasteiger partial charge in [0.1, 0.15) is 11.4 Å². The molecule has 3 aliphatic rings. The number of nitrogens with two attached hydrogens (primary N) is 1. The van der Waals surface area contributed by atoms with Crippen LogP contribution in [0.2, 0.25) is 0 Å². The van der Waals surface area contributed by atoms with E-state index in [1.54, 1.807) is 36.3 Å². The summed E-state index contributed by atoms with van der Waals surface area (Å²) in [5.74, 6) is -0.0671. The number of carbonyl (C=O) groups excluding carboxylic acids is 3. The van der Waals surface area contributed by atoms with Crippen molar-refractivity contribution in [3.8, 4) is 11.4 Å². The number of amides is 3. The molecule has 1 saturated carbocycles. The van der Waals surface area contributed by atoms with Gasteiger partial charge in [-0.25, -0.2) is 4.68 Å². The van der Waals surface area contributed by atoms with Crippen molar-refractivity contribution in [2.24, 2.45) is 5.73 Å². The number of methoxy groups -OCH3 is 1. The van der Waals surface area contributed by atoms with Crippen molar-refractivity contribution in [2.75, 3.05) is 30.0 Å².